The third kappa shape index (κ3) is 1.29. The second-order valence-electron chi connectivity index (χ2n) is 1.95. The van der Waals surface area contributed by atoms with Crippen molar-refractivity contribution >= 4 is 25.3 Å². The standard InChI is InChI=1S/C6H2F4S2/c7-1-2(8)5(11)4(10)6(12)3(1)9/h11-12H. The van der Waals surface area contributed by atoms with Crippen molar-refractivity contribution < 1.29 is 17.6 Å². The maximum atomic E-state index is 12.6. The van der Waals surface area contributed by atoms with Crippen LogP contribution in [0.1, 0.15) is 0 Å². The van der Waals surface area contributed by atoms with Crippen molar-refractivity contribution in [3.8, 4) is 0 Å². The molecule has 1 aromatic carbocycles. The fraction of sp³-hybridized carbons (Fsp3) is 0. The predicted molar refractivity (Wildman–Crippen MR) is 40.8 cm³/mol. The zero-order valence-electron chi connectivity index (χ0n) is 5.41. The van der Waals surface area contributed by atoms with E-state index in [0.29, 0.717) is 0 Å². The first-order chi connectivity index (χ1) is 5.46. The summed E-state index contributed by atoms with van der Waals surface area (Å²) in [6.07, 6.45) is 0. The summed E-state index contributed by atoms with van der Waals surface area (Å²) in [6, 6.07) is 0. The molecule has 0 N–H and O–H groups in total. The van der Waals surface area contributed by atoms with Gasteiger partial charge in [0.15, 0.2) is 23.3 Å². The van der Waals surface area contributed by atoms with E-state index in [1.165, 1.54) is 0 Å². The van der Waals surface area contributed by atoms with Gasteiger partial charge in [-0.05, 0) is 0 Å². The molecular weight excluding hydrogens is 212 g/mol. The molecule has 0 aromatic heterocycles. The second-order valence-corrected chi connectivity index (χ2v) is 2.85. The number of halogens is 4. The molecule has 0 bridgehead atoms. The molecule has 0 fully saturated rings. The fourth-order valence-corrected chi connectivity index (χ4v) is 1.12. The van der Waals surface area contributed by atoms with Crippen molar-refractivity contribution in [2.75, 3.05) is 0 Å². The van der Waals surface area contributed by atoms with Crippen molar-refractivity contribution in [1.29, 1.82) is 0 Å². The van der Waals surface area contributed by atoms with Gasteiger partial charge in [-0.1, -0.05) is 0 Å². The lowest BCUT2D eigenvalue weighted by molar-refractivity contribution is 0.396. The van der Waals surface area contributed by atoms with E-state index in [9.17, 15) is 17.6 Å². The van der Waals surface area contributed by atoms with E-state index in [1.54, 1.807) is 0 Å². The second kappa shape index (κ2) is 3.18. The van der Waals surface area contributed by atoms with Gasteiger partial charge in [-0.3, -0.25) is 0 Å². The van der Waals surface area contributed by atoms with Crippen LogP contribution in [0.25, 0.3) is 0 Å². The fourth-order valence-electron chi connectivity index (χ4n) is 0.609. The van der Waals surface area contributed by atoms with Gasteiger partial charge in [-0.25, -0.2) is 17.6 Å². The van der Waals surface area contributed by atoms with Crippen molar-refractivity contribution in [3.63, 3.8) is 0 Å². The van der Waals surface area contributed by atoms with Crippen LogP contribution in [0.4, 0.5) is 17.6 Å². The number of benzene rings is 1. The van der Waals surface area contributed by atoms with E-state index >= 15 is 0 Å². The van der Waals surface area contributed by atoms with E-state index in [2.05, 4.69) is 25.3 Å². The molecule has 1 rings (SSSR count). The quantitative estimate of drug-likeness (QED) is 0.282. The third-order valence-electron chi connectivity index (χ3n) is 1.22. The molecule has 0 saturated heterocycles. The molecule has 0 aliphatic heterocycles. The van der Waals surface area contributed by atoms with Crippen molar-refractivity contribution in [2.45, 2.75) is 9.79 Å². The average Bonchev–Trinajstić information content (AvgIpc) is 2.08. The molecular formula is C6H2F4S2. The molecule has 0 unspecified atom stereocenters. The molecule has 12 heavy (non-hydrogen) atoms. The summed E-state index contributed by atoms with van der Waals surface area (Å²) in [5.74, 6) is -6.37. The molecule has 0 spiro atoms. The summed E-state index contributed by atoms with van der Waals surface area (Å²) in [7, 11) is 0. The Hall–Kier alpha value is -0.360. The van der Waals surface area contributed by atoms with Crippen LogP contribution in [0, 0.1) is 23.3 Å². The first kappa shape index (κ1) is 9.73. The molecule has 66 valence electrons. The molecule has 0 saturated carbocycles. The lowest BCUT2D eigenvalue weighted by Crippen LogP contribution is -1.98. The monoisotopic (exact) mass is 214 g/mol. The Bertz CT molecular complexity index is 232. The smallest absolute Gasteiger partial charge is 0.196 e. The summed E-state index contributed by atoms with van der Waals surface area (Å²) in [5, 5.41) is 0. The molecule has 6 heteroatoms. The minimum Gasteiger partial charge on any atom is -0.204 e. The molecule has 0 aliphatic carbocycles. The Morgan fingerprint density at radius 1 is 0.583 bits per heavy atom. The lowest BCUT2D eigenvalue weighted by atomic mass is 10.3. The van der Waals surface area contributed by atoms with Crippen molar-refractivity contribution in [3.05, 3.63) is 23.3 Å². The van der Waals surface area contributed by atoms with Gasteiger partial charge in [0.25, 0.3) is 0 Å². The van der Waals surface area contributed by atoms with Crippen LogP contribution < -0.4 is 0 Å². The highest BCUT2D eigenvalue weighted by molar-refractivity contribution is 7.81. The van der Waals surface area contributed by atoms with Gasteiger partial charge in [0.2, 0.25) is 0 Å². The van der Waals surface area contributed by atoms with Gasteiger partial charge in [-0.15, -0.1) is 25.3 Å². The predicted octanol–water partition coefficient (Wildman–Crippen LogP) is 2.82. The highest BCUT2D eigenvalue weighted by atomic mass is 32.1. The number of rotatable bonds is 0. The Balaban J connectivity index is 3.60. The maximum absolute atomic E-state index is 12.6. The number of thiol groups is 2. The molecule has 0 amide bonds. The maximum Gasteiger partial charge on any atom is 0.196 e. The first-order valence-electron chi connectivity index (χ1n) is 2.70. The highest BCUT2D eigenvalue weighted by Crippen LogP contribution is 2.28. The Morgan fingerprint density at radius 2 is 0.917 bits per heavy atom. The Labute approximate surface area is 76.4 Å². The van der Waals surface area contributed by atoms with Gasteiger partial charge < -0.3 is 0 Å². The summed E-state index contributed by atoms with van der Waals surface area (Å²) in [5.41, 5.74) is 0. The SMILES string of the molecule is Fc1c(F)c(S)c(F)c(S)c1F. The molecule has 0 atom stereocenters. The Kier molecular flexibility index (Phi) is 2.58. The van der Waals surface area contributed by atoms with E-state index < -0.39 is 33.1 Å². The van der Waals surface area contributed by atoms with Gasteiger partial charge >= 0.3 is 0 Å². The molecule has 1 aromatic rings. The zero-order chi connectivity index (χ0) is 9.46. The van der Waals surface area contributed by atoms with Crippen LogP contribution in [0.3, 0.4) is 0 Å². The van der Waals surface area contributed by atoms with Crippen LogP contribution in [0.15, 0.2) is 9.79 Å². The Morgan fingerprint density at radius 3 is 1.25 bits per heavy atom. The largest absolute Gasteiger partial charge is 0.204 e. The molecule has 0 heterocycles. The average molecular weight is 214 g/mol. The van der Waals surface area contributed by atoms with E-state index in [4.69, 9.17) is 0 Å². The summed E-state index contributed by atoms with van der Waals surface area (Å²) in [6.45, 7) is 0. The van der Waals surface area contributed by atoms with Crippen LogP contribution >= 0.6 is 25.3 Å². The van der Waals surface area contributed by atoms with Crippen LogP contribution in [-0.2, 0) is 0 Å². The normalized spacial score (nSPS) is 10.5. The highest BCUT2D eigenvalue weighted by Gasteiger charge is 2.21. The lowest BCUT2D eigenvalue weighted by Gasteiger charge is -2.03. The zero-order valence-corrected chi connectivity index (χ0v) is 7.20. The molecule has 0 radical (unpaired) electrons. The summed E-state index contributed by atoms with van der Waals surface area (Å²) >= 11 is 6.58. The van der Waals surface area contributed by atoms with Crippen molar-refractivity contribution in [1.82, 2.24) is 0 Å². The van der Waals surface area contributed by atoms with Gasteiger partial charge in [0.1, 0.15) is 0 Å². The van der Waals surface area contributed by atoms with Gasteiger partial charge in [0.05, 0.1) is 9.79 Å². The van der Waals surface area contributed by atoms with Crippen LogP contribution in [0.2, 0.25) is 0 Å². The number of hydrogen-bond acceptors (Lipinski definition) is 2. The van der Waals surface area contributed by atoms with Crippen LogP contribution in [-0.4, -0.2) is 0 Å². The van der Waals surface area contributed by atoms with Crippen molar-refractivity contribution in [2.24, 2.45) is 0 Å². The molecule has 0 aliphatic rings. The third-order valence-corrected chi connectivity index (χ3v) is 2.00. The van der Waals surface area contributed by atoms with Gasteiger partial charge in [-0.2, -0.15) is 0 Å². The topological polar surface area (TPSA) is 0 Å². The van der Waals surface area contributed by atoms with Gasteiger partial charge in [0, 0.05) is 0 Å². The first-order valence-corrected chi connectivity index (χ1v) is 3.60. The minimum atomic E-state index is -1.77. The van der Waals surface area contributed by atoms with Crippen LogP contribution in [0.5, 0.6) is 0 Å². The summed E-state index contributed by atoms with van der Waals surface area (Å²) < 4.78 is 50.0. The summed E-state index contributed by atoms with van der Waals surface area (Å²) in [4.78, 5) is -1.75. The van der Waals surface area contributed by atoms with E-state index in [-0.39, 0.29) is 0 Å². The molecule has 0 nitrogen and oxygen atoms in total. The van der Waals surface area contributed by atoms with E-state index in [0.717, 1.165) is 0 Å². The minimum absolute atomic E-state index is 0.876. The van der Waals surface area contributed by atoms with E-state index in [1.807, 2.05) is 0 Å². The number of hydrogen-bond donors (Lipinski definition) is 2.